The number of aromatic nitrogens is 1. The van der Waals surface area contributed by atoms with Gasteiger partial charge < -0.3 is 10.2 Å². The predicted octanol–water partition coefficient (Wildman–Crippen LogP) is 3.25. The lowest BCUT2D eigenvalue weighted by Gasteiger charge is -2.44. The monoisotopic (exact) mass is 329 g/mol. The molecule has 0 bridgehead atoms. The molecule has 2 aliphatic heterocycles. The molecule has 5 nitrogen and oxygen atoms in total. The first-order chi connectivity index (χ1) is 10.9. The number of Topliss-reactive ketones (excluding diaryl/α,β-unsaturated/α-hetero) is 1. The van der Waals surface area contributed by atoms with Gasteiger partial charge in [-0.3, -0.25) is 9.59 Å². The molecule has 2 aliphatic rings. The lowest BCUT2D eigenvalue weighted by atomic mass is 9.99. The molecule has 4 rings (SSSR count). The summed E-state index contributed by atoms with van der Waals surface area (Å²) >= 11 is 1.45. The Kier molecular flexibility index (Phi) is 3.04. The van der Waals surface area contributed by atoms with Crippen molar-refractivity contribution in [2.45, 2.75) is 45.7 Å². The van der Waals surface area contributed by atoms with Crippen LogP contribution in [0.2, 0.25) is 0 Å². The average molecular weight is 329 g/mol. The first kappa shape index (κ1) is 14.6. The molecule has 1 fully saturated rings. The normalized spacial score (nSPS) is 24.2. The molecule has 1 unspecified atom stereocenters. The number of amides is 1. The van der Waals surface area contributed by atoms with Crippen molar-refractivity contribution in [2.24, 2.45) is 0 Å². The molecule has 23 heavy (non-hydrogen) atoms. The number of nitrogens with one attached hydrogen (secondary N) is 1. The van der Waals surface area contributed by atoms with E-state index in [4.69, 9.17) is 0 Å². The Bertz CT molecular complexity index is 857. The first-order valence-electron chi connectivity index (χ1n) is 7.92. The third kappa shape index (κ3) is 2.08. The number of rotatable bonds is 0. The van der Waals surface area contributed by atoms with Crippen LogP contribution in [0.15, 0.2) is 6.07 Å². The number of pyridine rings is 1. The molecule has 0 aliphatic carbocycles. The van der Waals surface area contributed by atoms with Crippen LogP contribution in [0.1, 0.15) is 47.1 Å². The zero-order valence-electron chi connectivity index (χ0n) is 13.5. The van der Waals surface area contributed by atoms with Crippen LogP contribution in [0.4, 0.5) is 5.69 Å². The van der Waals surface area contributed by atoms with Gasteiger partial charge in [0.25, 0.3) is 5.91 Å². The number of anilines is 1. The number of hydrogen-bond donors (Lipinski definition) is 1. The Morgan fingerprint density at radius 2 is 2.09 bits per heavy atom. The number of thiophene rings is 1. The Labute approximate surface area is 138 Å². The van der Waals surface area contributed by atoms with E-state index in [9.17, 15) is 9.59 Å². The van der Waals surface area contributed by atoms with E-state index in [2.05, 4.69) is 17.2 Å². The van der Waals surface area contributed by atoms with Crippen LogP contribution in [-0.4, -0.2) is 33.8 Å². The second kappa shape index (κ2) is 4.77. The van der Waals surface area contributed by atoms with Crippen molar-refractivity contribution in [1.82, 2.24) is 9.88 Å². The number of fused-ring (bicyclic) bond motifs is 4. The maximum absolute atomic E-state index is 13.0. The fraction of sp³-hybridized carbons (Fsp3) is 0.471. The van der Waals surface area contributed by atoms with E-state index in [1.165, 1.54) is 11.3 Å². The average Bonchev–Trinajstić information content (AvgIpc) is 2.75. The highest BCUT2D eigenvalue weighted by atomic mass is 32.1. The first-order valence-corrected chi connectivity index (χ1v) is 8.73. The van der Waals surface area contributed by atoms with Gasteiger partial charge in [0.05, 0.1) is 5.69 Å². The summed E-state index contributed by atoms with van der Waals surface area (Å²) in [7, 11) is 0. The zero-order valence-corrected chi connectivity index (χ0v) is 14.3. The molecule has 4 heterocycles. The summed E-state index contributed by atoms with van der Waals surface area (Å²) in [6, 6.07) is 2.05. The van der Waals surface area contributed by atoms with Crippen molar-refractivity contribution in [1.29, 1.82) is 0 Å². The van der Waals surface area contributed by atoms with E-state index >= 15 is 0 Å². The maximum Gasteiger partial charge on any atom is 0.268 e. The van der Waals surface area contributed by atoms with Crippen LogP contribution in [0.3, 0.4) is 0 Å². The largest absolute Gasteiger partial charge is 0.361 e. The minimum atomic E-state index is -0.498. The molecule has 120 valence electrons. The van der Waals surface area contributed by atoms with Crippen molar-refractivity contribution in [3.8, 4) is 0 Å². The van der Waals surface area contributed by atoms with Crippen molar-refractivity contribution in [2.75, 3.05) is 11.9 Å². The van der Waals surface area contributed by atoms with Crippen LogP contribution in [0.5, 0.6) is 0 Å². The summed E-state index contributed by atoms with van der Waals surface area (Å²) in [5, 5.41) is 4.61. The summed E-state index contributed by atoms with van der Waals surface area (Å²) in [5.74, 6) is 0.257. The van der Waals surface area contributed by atoms with Crippen molar-refractivity contribution in [3.63, 3.8) is 0 Å². The van der Waals surface area contributed by atoms with E-state index < -0.39 is 5.66 Å². The molecule has 0 aromatic carbocycles. The molecule has 2 aromatic rings. The van der Waals surface area contributed by atoms with Gasteiger partial charge in [-0.15, -0.1) is 11.3 Å². The van der Waals surface area contributed by atoms with E-state index in [0.717, 1.165) is 27.2 Å². The number of aryl methyl sites for hydroxylation is 2. The lowest BCUT2D eigenvalue weighted by molar-refractivity contribution is -0.118. The van der Waals surface area contributed by atoms with E-state index in [-0.39, 0.29) is 11.7 Å². The van der Waals surface area contributed by atoms with Gasteiger partial charge in [0, 0.05) is 30.5 Å². The smallest absolute Gasteiger partial charge is 0.268 e. The van der Waals surface area contributed by atoms with Gasteiger partial charge in [-0.2, -0.15) is 0 Å². The Hall–Kier alpha value is -1.95. The summed E-state index contributed by atoms with van der Waals surface area (Å²) in [6.45, 7) is 6.54. The molecule has 2 aromatic heterocycles. The Balaban J connectivity index is 1.92. The molecule has 1 atom stereocenters. The van der Waals surface area contributed by atoms with E-state index in [0.29, 0.717) is 30.7 Å². The SMILES string of the molecule is Cc1cc(C)c2c3c(sc2n1)C(=O)N1CCC(=O)CCC1(C)N3. The van der Waals surface area contributed by atoms with Gasteiger partial charge in [0.1, 0.15) is 21.2 Å². The van der Waals surface area contributed by atoms with Crippen molar-refractivity contribution in [3.05, 3.63) is 22.2 Å². The number of ketones is 1. The maximum atomic E-state index is 13.0. The summed E-state index contributed by atoms with van der Waals surface area (Å²) in [6.07, 6.45) is 1.60. The van der Waals surface area contributed by atoms with Crippen LogP contribution in [0, 0.1) is 13.8 Å². The van der Waals surface area contributed by atoms with Gasteiger partial charge in [-0.05, 0) is 38.8 Å². The molecule has 0 saturated carbocycles. The summed E-state index contributed by atoms with van der Waals surface area (Å²) in [5.41, 5.74) is 2.49. The van der Waals surface area contributed by atoms with Gasteiger partial charge in [0.2, 0.25) is 0 Å². The molecular formula is C17H19N3O2S. The van der Waals surface area contributed by atoms with E-state index in [1.54, 1.807) is 0 Å². The highest BCUT2D eigenvalue weighted by Crippen LogP contribution is 2.44. The minimum Gasteiger partial charge on any atom is -0.361 e. The molecule has 1 saturated heterocycles. The van der Waals surface area contributed by atoms with E-state index in [1.807, 2.05) is 24.8 Å². The summed E-state index contributed by atoms with van der Waals surface area (Å²) < 4.78 is 0. The second-order valence-corrected chi connectivity index (χ2v) is 7.71. The number of nitrogens with zero attached hydrogens (tertiary/aromatic N) is 2. The summed E-state index contributed by atoms with van der Waals surface area (Å²) in [4.78, 5) is 32.9. The molecule has 0 spiro atoms. The highest BCUT2D eigenvalue weighted by molar-refractivity contribution is 7.21. The second-order valence-electron chi connectivity index (χ2n) is 6.71. The van der Waals surface area contributed by atoms with Crippen LogP contribution >= 0.6 is 11.3 Å². The lowest BCUT2D eigenvalue weighted by Crippen LogP contribution is -2.57. The minimum absolute atomic E-state index is 0.0241. The van der Waals surface area contributed by atoms with Gasteiger partial charge >= 0.3 is 0 Å². The highest BCUT2D eigenvalue weighted by Gasteiger charge is 2.44. The molecular weight excluding hydrogens is 310 g/mol. The number of carbonyl (C=O) groups is 2. The Morgan fingerprint density at radius 1 is 1.30 bits per heavy atom. The molecule has 6 heteroatoms. The van der Waals surface area contributed by atoms with Gasteiger partial charge in [0.15, 0.2) is 0 Å². The van der Waals surface area contributed by atoms with Gasteiger partial charge in [-0.25, -0.2) is 4.98 Å². The quantitative estimate of drug-likeness (QED) is 0.806. The van der Waals surface area contributed by atoms with Crippen molar-refractivity contribution >= 4 is 38.9 Å². The van der Waals surface area contributed by atoms with Crippen molar-refractivity contribution < 1.29 is 9.59 Å². The topological polar surface area (TPSA) is 62.3 Å². The fourth-order valence-electron chi connectivity index (χ4n) is 3.69. The third-order valence-electron chi connectivity index (χ3n) is 4.92. The van der Waals surface area contributed by atoms with Crippen LogP contribution in [0.25, 0.3) is 10.2 Å². The Morgan fingerprint density at radius 3 is 2.87 bits per heavy atom. The molecule has 1 amide bonds. The fourth-order valence-corrected chi connectivity index (χ4v) is 4.89. The molecule has 0 radical (unpaired) electrons. The zero-order chi connectivity index (χ0) is 16.4. The number of carbonyl (C=O) groups excluding carboxylic acids is 2. The standard InChI is InChI=1S/C17H19N3O2S/c1-9-8-10(2)18-15-12(9)13-14(23-15)16(22)20-7-5-11(21)4-6-17(20,3)19-13/h8,19H,4-7H2,1-3H3. The third-order valence-corrected chi connectivity index (χ3v) is 5.99. The predicted molar refractivity (Wildman–Crippen MR) is 91.0 cm³/mol. The van der Waals surface area contributed by atoms with Gasteiger partial charge in [-0.1, -0.05) is 0 Å². The number of hydrogen-bond acceptors (Lipinski definition) is 5. The molecule has 1 N–H and O–H groups in total. The van der Waals surface area contributed by atoms with Crippen LogP contribution < -0.4 is 5.32 Å². The van der Waals surface area contributed by atoms with Crippen LogP contribution in [-0.2, 0) is 4.79 Å².